The van der Waals surface area contributed by atoms with Crippen molar-refractivity contribution in [3.05, 3.63) is 48.3 Å². The van der Waals surface area contributed by atoms with Gasteiger partial charge in [-0.15, -0.1) is 0 Å². The highest BCUT2D eigenvalue weighted by Crippen LogP contribution is 2.24. The number of carbonyl (C=O) groups excluding carboxylic acids is 2. The summed E-state index contributed by atoms with van der Waals surface area (Å²) < 4.78 is 4.75. The first-order chi connectivity index (χ1) is 11.1. The zero-order valence-electron chi connectivity index (χ0n) is 12.8. The van der Waals surface area contributed by atoms with Crippen LogP contribution in [0.5, 0.6) is 0 Å². The third-order valence-electron chi connectivity index (χ3n) is 3.06. The van der Waals surface area contributed by atoms with Crippen LogP contribution in [0.1, 0.15) is 17.3 Å². The van der Waals surface area contributed by atoms with Crippen LogP contribution in [-0.4, -0.2) is 35.4 Å². The van der Waals surface area contributed by atoms with Gasteiger partial charge in [0.1, 0.15) is 5.70 Å². The molecule has 0 bridgehead atoms. The zero-order valence-corrected chi connectivity index (χ0v) is 12.8. The topological polar surface area (TPSA) is 96.4 Å². The Hall–Kier alpha value is -3.22. The van der Waals surface area contributed by atoms with Gasteiger partial charge in [0.25, 0.3) is 5.91 Å². The molecule has 2 aromatic rings. The third-order valence-corrected chi connectivity index (χ3v) is 3.06. The molecule has 0 saturated carbocycles. The lowest BCUT2D eigenvalue weighted by atomic mass is 10.1. The van der Waals surface area contributed by atoms with Gasteiger partial charge in [-0.05, 0) is 19.1 Å². The Morgan fingerprint density at radius 2 is 2.22 bits per heavy atom. The molecule has 2 rings (SSSR count). The number of hydrogen-bond acceptors (Lipinski definition) is 5. The standard InChI is InChI=1S/C16H16N4O3/c1-4-6-17-12(5-2)15(21)19-14-7-10-9-18-20-13(10)8-11(14)16(22)23-3/h4-9H,1H2,2-3H3,(H,18,20)(H,19,21)/b12-5-,17-6?. The van der Waals surface area contributed by atoms with Crippen LogP contribution < -0.4 is 5.32 Å². The molecule has 0 saturated heterocycles. The molecule has 23 heavy (non-hydrogen) atoms. The molecule has 0 fully saturated rings. The van der Waals surface area contributed by atoms with Gasteiger partial charge in [-0.2, -0.15) is 5.10 Å². The number of aliphatic imine (C=N–C) groups is 1. The normalized spacial score (nSPS) is 11.7. The van der Waals surface area contributed by atoms with Gasteiger partial charge in [0, 0.05) is 11.6 Å². The predicted octanol–water partition coefficient (Wildman–Crippen LogP) is 2.45. The predicted molar refractivity (Wildman–Crippen MR) is 88.5 cm³/mol. The first-order valence-electron chi connectivity index (χ1n) is 6.79. The Morgan fingerprint density at radius 3 is 2.87 bits per heavy atom. The van der Waals surface area contributed by atoms with Crippen LogP contribution in [-0.2, 0) is 9.53 Å². The van der Waals surface area contributed by atoms with Crippen molar-refractivity contribution in [2.24, 2.45) is 4.99 Å². The van der Waals surface area contributed by atoms with Crippen molar-refractivity contribution in [1.29, 1.82) is 0 Å². The van der Waals surface area contributed by atoms with Crippen molar-refractivity contribution < 1.29 is 14.3 Å². The van der Waals surface area contributed by atoms with E-state index in [9.17, 15) is 9.59 Å². The van der Waals surface area contributed by atoms with Crippen molar-refractivity contribution >= 4 is 34.7 Å². The van der Waals surface area contributed by atoms with Gasteiger partial charge in [0.2, 0.25) is 0 Å². The number of esters is 1. The summed E-state index contributed by atoms with van der Waals surface area (Å²) in [6, 6.07) is 3.22. The monoisotopic (exact) mass is 312 g/mol. The Morgan fingerprint density at radius 1 is 1.43 bits per heavy atom. The van der Waals surface area contributed by atoms with Crippen molar-refractivity contribution in [3.8, 4) is 0 Å². The lowest BCUT2D eigenvalue weighted by Gasteiger charge is -2.10. The number of allylic oxidation sites excluding steroid dienone is 2. The van der Waals surface area contributed by atoms with Crippen LogP contribution in [0.3, 0.4) is 0 Å². The van der Waals surface area contributed by atoms with E-state index < -0.39 is 11.9 Å². The molecule has 7 nitrogen and oxygen atoms in total. The molecule has 0 atom stereocenters. The molecule has 0 aliphatic carbocycles. The maximum absolute atomic E-state index is 12.3. The van der Waals surface area contributed by atoms with Crippen molar-refractivity contribution in [2.45, 2.75) is 6.92 Å². The third kappa shape index (κ3) is 3.52. The summed E-state index contributed by atoms with van der Waals surface area (Å²) in [5, 5.41) is 10.1. The van der Waals surface area contributed by atoms with Gasteiger partial charge in [-0.25, -0.2) is 4.79 Å². The first-order valence-corrected chi connectivity index (χ1v) is 6.79. The SMILES string of the molecule is C=CC=N/C(=C\C)C(=O)Nc1cc2cn[nH]c2cc1C(=O)OC. The maximum Gasteiger partial charge on any atom is 0.340 e. The van der Waals surface area contributed by atoms with Crippen molar-refractivity contribution in [2.75, 3.05) is 12.4 Å². The van der Waals surface area contributed by atoms with Crippen molar-refractivity contribution in [3.63, 3.8) is 0 Å². The molecule has 2 N–H and O–H groups in total. The molecule has 7 heteroatoms. The first kappa shape index (κ1) is 16.2. The second kappa shape index (κ2) is 7.17. The van der Waals surface area contributed by atoms with Gasteiger partial charge >= 0.3 is 5.97 Å². The number of amides is 1. The quantitative estimate of drug-likeness (QED) is 0.503. The van der Waals surface area contributed by atoms with Gasteiger partial charge in [0.15, 0.2) is 0 Å². The molecule has 0 spiro atoms. The number of rotatable bonds is 5. The van der Waals surface area contributed by atoms with Gasteiger partial charge in [-0.3, -0.25) is 14.9 Å². The summed E-state index contributed by atoms with van der Waals surface area (Å²) in [4.78, 5) is 28.2. The van der Waals surface area contributed by atoms with Gasteiger partial charge in [0.05, 0.1) is 30.1 Å². The van der Waals surface area contributed by atoms with Crippen molar-refractivity contribution in [1.82, 2.24) is 10.2 Å². The fourth-order valence-corrected chi connectivity index (χ4v) is 1.96. The molecule has 0 aliphatic heterocycles. The molecule has 0 unspecified atom stereocenters. The van der Waals surface area contributed by atoms with E-state index in [2.05, 4.69) is 27.1 Å². The number of nitrogens with zero attached hydrogens (tertiary/aromatic N) is 2. The van der Waals surface area contributed by atoms with E-state index in [1.807, 2.05) is 0 Å². The Bertz CT molecular complexity index is 818. The number of ether oxygens (including phenoxy) is 1. The number of aromatic nitrogens is 2. The zero-order chi connectivity index (χ0) is 16.8. The molecule has 1 aromatic carbocycles. The molecular weight excluding hydrogens is 296 g/mol. The number of fused-ring (bicyclic) bond motifs is 1. The lowest BCUT2D eigenvalue weighted by molar-refractivity contribution is -0.112. The fourth-order valence-electron chi connectivity index (χ4n) is 1.96. The highest BCUT2D eigenvalue weighted by atomic mass is 16.5. The second-order valence-corrected chi connectivity index (χ2v) is 4.49. The average molecular weight is 312 g/mol. The van der Waals surface area contributed by atoms with E-state index in [-0.39, 0.29) is 11.3 Å². The van der Waals surface area contributed by atoms with Crippen LogP contribution in [0.4, 0.5) is 5.69 Å². The minimum atomic E-state index is -0.562. The molecule has 1 amide bonds. The van der Waals surface area contributed by atoms with Crippen LogP contribution in [0.15, 0.2) is 47.7 Å². The number of carbonyl (C=O) groups is 2. The van der Waals surface area contributed by atoms with Crippen LogP contribution in [0.25, 0.3) is 10.9 Å². The van der Waals surface area contributed by atoms with E-state index in [1.165, 1.54) is 19.4 Å². The lowest BCUT2D eigenvalue weighted by Crippen LogP contribution is -2.16. The van der Waals surface area contributed by atoms with Crippen LogP contribution >= 0.6 is 0 Å². The highest BCUT2D eigenvalue weighted by Gasteiger charge is 2.17. The van der Waals surface area contributed by atoms with Crippen LogP contribution in [0, 0.1) is 0 Å². The number of hydrogen-bond donors (Lipinski definition) is 2. The largest absolute Gasteiger partial charge is 0.465 e. The minimum Gasteiger partial charge on any atom is -0.465 e. The minimum absolute atomic E-state index is 0.202. The van der Waals surface area contributed by atoms with E-state index in [0.717, 1.165) is 5.39 Å². The van der Waals surface area contributed by atoms with E-state index >= 15 is 0 Å². The molecule has 1 aromatic heterocycles. The Balaban J connectivity index is 2.41. The number of methoxy groups -OCH3 is 1. The number of H-pyrrole nitrogens is 1. The summed E-state index contributed by atoms with van der Waals surface area (Å²) in [5.74, 6) is -1.01. The number of nitrogens with one attached hydrogen (secondary N) is 2. The fraction of sp³-hybridized carbons (Fsp3) is 0.125. The summed E-state index contributed by atoms with van der Waals surface area (Å²) in [7, 11) is 1.27. The van der Waals surface area contributed by atoms with E-state index in [0.29, 0.717) is 11.2 Å². The molecule has 118 valence electrons. The summed E-state index contributed by atoms with van der Waals surface area (Å²) in [6.07, 6.45) is 6.03. The number of anilines is 1. The second-order valence-electron chi connectivity index (χ2n) is 4.49. The smallest absolute Gasteiger partial charge is 0.340 e. The molecule has 0 aliphatic rings. The number of benzene rings is 1. The van der Waals surface area contributed by atoms with Gasteiger partial charge in [-0.1, -0.05) is 18.7 Å². The summed E-state index contributed by atoms with van der Waals surface area (Å²) in [6.45, 7) is 5.20. The highest BCUT2D eigenvalue weighted by molar-refractivity contribution is 6.10. The summed E-state index contributed by atoms with van der Waals surface area (Å²) in [5.41, 5.74) is 1.41. The molecular formula is C16H16N4O3. The molecule has 1 heterocycles. The van der Waals surface area contributed by atoms with Gasteiger partial charge < -0.3 is 10.1 Å². The van der Waals surface area contributed by atoms with E-state index in [4.69, 9.17) is 4.74 Å². The number of aromatic amines is 1. The maximum atomic E-state index is 12.3. The summed E-state index contributed by atoms with van der Waals surface area (Å²) >= 11 is 0. The Labute approximate surface area is 132 Å². The van der Waals surface area contributed by atoms with E-state index in [1.54, 1.807) is 31.3 Å². The Kier molecular flexibility index (Phi) is 5.03. The molecule has 0 radical (unpaired) electrons. The average Bonchev–Trinajstić information content (AvgIpc) is 3.01. The van der Waals surface area contributed by atoms with Crippen LogP contribution in [0.2, 0.25) is 0 Å².